The maximum atomic E-state index is 2.55. The van der Waals surface area contributed by atoms with Crippen molar-refractivity contribution in [2.45, 2.75) is 70.6 Å². The van der Waals surface area contributed by atoms with Gasteiger partial charge in [0.25, 0.3) is 0 Å². The fourth-order valence-corrected chi connectivity index (χ4v) is 14.3. The van der Waals surface area contributed by atoms with Crippen LogP contribution in [0.4, 0.5) is 17.1 Å². The van der Waals surface area contributed by atoms with Crippen LogP contribution in [0.15, 0.2) is 230 Å². The number of benzene rings is 8. The number of thiophene rings is 1. The highest BCUT2D eigenvalue weighted by atomic mass is 32.1. The molecule has 9 aromatic rings. The van der Waals surface area contributed by atoms with E-state index < -0.39 is 0 Å². The number of aryl methyl sites for hydroxylation is 1. The average molecular weight is 958 g/mol. The molecule has 1 nitrogen and oxygen atoms in total. The second kappa shape index (κ2) is 18.1. The number of rotatable bonds is 10. The summed E-state index contributed by atoms with van der Waals surface area (Å²) in [6, 6.07) is 71.3. The Morgan fingerprint density at radius 2 is 1.29 bits per heavy atom. The highest BCUT2D eigenvalue weighted by molar-refractivity contribution is 7.19. The molecule has 4 aliphatic rings. The Morgan fingerprint density at radius 3 is 2.08 bits per heavy atom. The quantitative estimate of drug-likeness (QED) is 0.132. The van der Waals surface area contributed by atoms with Crippen molar-refractivity contribution in [2.24, 2.45) is 0 Å². The van der Waals surface area contributed by atoms with E-state index in [4.69, 9.17) is 0 Å². The lowest BCUT2D eigenvalue weighted by Crippen LogP contribution is -2.32. The van der Waals surface area contributed by atoms with E-state index in [-0.39, 0.29) is 10.8 Å². The van der Waals surface area contributed by atoms with Crippen LogP contribution >= 0.6 is 11.3 Å². The molecular weight excluding hydrogens is 899 g/mol. The first kappa shape index (κ1) is 45.1. The van der Waals surface area contributed by atoms with Crippen molar-refractivity contribution < 1.29 is 0 Å². The molecule has 1 heterocycles. The zero-order valence-electron chi connectivity index (χ0n) is 42.3. The zero-order valence-corrected chi connectivity index (χ0v) is 43.1. The van der Waals surface area contributed by atoms with Crippen LogP contribution in [0.2, 0.25) is 0 Å². The van der Waals surface area contributed by atoms with Crippen LogP contribution in [0.25, 0.3) is 60.7 Å². The highest BCUT2D eigenvalue weighted by Crippen LogP contribution is 2.60. The Hall–Kier alpha value is -7.78. The molecule has 0 radical (unpaired) electrons. The molecule has 0 saturated heterocycles. The number of anilines is 3. The second-order valence-corrected chi connectivity index (χ2v) is 21.9. The fraction of sp³-hybridized carbons (Fsp3) is 0.155. The predicted molar refractivity (Wildman–Crippen MR) is 313 cm³/mol. The molecule has 0 spiro atoms. The van der Waals surface area contributed by atoms with Gasteiger partial charge in [-0.3, -0.25) is 0 Å². The van der Waals surface area contributed by atoms with E-state index in [0.29, 0.717) is 0 Å². The van der Waals surface area contributed by atoms with Crippen LogP contribution < -0.4 is 4.90 Å². The number of nitrogens with zero attached hydrogens (tertiary/aromatic N) is 1. The van der Waals surface area contributed by atoms with Gasteiger partial charge in [-0.15, -0.1) is 11.3 Å². The predicted octanol–water partition coefficient (Wildman–Crippen LogP) is 19.8. The smallest absolute Gasteiger partial charge is 0.0639 e. The zero-order chi connectivity index (χ0) is 49.3. The summed E-state index contributed by atoms with van der Waals surface area (Å²) in [5.74, 6) is 0. The third-order valence-corrected chi connectivity index (χ3v) is 17.8. The molecule has 1 aromatic heterocycles. The van der Waals surface area contributed by atoms with Gasteiger partial charge in [-0.1, -0.05) is 208 Å². The van der Waals surface area contributed by atoms with Crippen molar-refractivity contribution in [1.82, 2.24) is 0 Å². The number of allylic oxidation sites excluding steroid dienone is 9. The van der Waals surface area contributed by atoms with Crippen LogP contribution in [0.3, 0.4) is 0 Å². The normalized spacial score (nSPS) is 17.3. The first-order chi connectivity index (χ1) is 35.9. The minimum absolute atomic E-state index is 0.135. The van der Waals surface area contributed by atoms with Crippen LogP contribution in [-0.2, 0) is 17.3 Å². The molecule has 0 N–H and O–H groups in total. The summed E-state index contributed by atoms with van der Waals surface area (Å²) in [5.41, 5.74) is 26.0. The van der Waals surface area contributed by atoms with E-state index >= 15 is 0 Å². The van der Waals surface area contributed by atoms with Gasteiger partial charge in [0, 0.05) is 31.9 Å². The largest absolute Gasteiger partial charge is 0.310 e. The fourth-order valence-electron chi connectivity index (χ4n) is 13.1. The molecule has 0 fully saturated rings. The van der Waals surface area contributed by atoms with Gasteiger partial charge in [0.2, 0.25) is 0 Å². The van der Waals surface area contributed by atoms with E-state index in [2.05, 4.69) is 257 Å². The molecule has 1 unspecified atom stereocenters. The minimum atomic E-state index is -0.259. The second-order valence-electron chi connectivity index (χ2n) is 20.8. The number of para-hydroxylation sites is 1. The Kier molecular flexibility index (Phi) is 11.2. The average Bonchev–Trinajstić information content (AvgIpc) is 4.04. The Labute approximate surface area is 435 Å². The topological polar surface area (TPSA) is 3.24 Å². The Morgan fingerprint density at radius 1 is 0.575 bits per heavy atom. The molecule has 8 aromatic carbocycles. The lowest BCUT2D eigenvalue weighted by Gasteiger charge is -2.39. The molecule has 4 aliphatic carbocycles. The van der Waals surface area contributed by atoms with Gasteiger partial charge in [0.1, 0.15) is 0 Å². The van der Waals surface area contributed by atoms with Gasteiger partial charge in [-0.2, -0.15) is 0 Å². The molecule has 0 bridgehead atoms. The molecule has 0 aliphatic heterocycles. The highest BCUT2D eigenvalue weighted by Gasteiger charge is 2.48. The van der Waals surface area contributed by atoms with Crippen molar-refractivity contribution in [2.75, 3.05) is 4.90 Å². The number of hydrogen-bond donors (Lipinski definition) is 0. The van der Waals surface area contributed by atoms with Gasteiger partial charge in [-0.25, -0.2) is 0 Å². The van der Waals surface area contributed by atoms with Crippen molar-refractivity contribution >= 4 is 55.7 Å². The van der Waals surface area contributed by atoms with Crippen LogP contribution in [0.5, 0.6) is 0 Å². The maximum Gasteiger partial charge on any atom is 0.0639 e. The van der Waals surface area contributed by atoms with E-state index in [0.717, 1.165) is 49.2 Å². The Balaban J connectivity index is 0.922. The SMILES string of the molecule is C/C=C\c1c(CC)sc2cc(-c3ccc(N(c4ccc5c(c4)C(C)(C)c4ccccc4-5)c4ccccc4-c4cccc(C5=CC6=C(CC5)C(C5=CC=CCC5)(c5ccccc5)c5ccccc56)c4)cc3)ccc12. The van der Waals surface area contributed by atoms with Gasteiger partial charge >= 0.3 is 0 Å². The first-order valence-corrected chi connectivity index (χ1v) is 27.2. The first-order valence-electron chi connectivity index (χ1n) is 26.4. The lowest BCUT2D eigenvalue weighted by molar-refractivity contribution is 0.646. The summed E-state index contributed by atoms with van der Waals surface area (Å²) < 4.78 is 1.34. The molecular formula is C71H59NS. The third-order valence-electron chi connectivity index (χ3n) is 16.5. The monoisotopic (exact) mass is 957 g/mol. The van der Waals surface area contributed by atoms with E-state index in [1.54, 1.807) is 5.57 Å². The standard InChI is InChI=1S/C71H59NS/c1-5-20-60-61-40-35-50(45-69(61)73-68(60)6-2)47-33-37-54(38-34-47)72(55-39-41-59-57-28-13-16-30-63(57)70(3,4)66(59)46-55)67-32-18-15-27-56(67)51-22-19-21-48(43-51)49-36-42-65-62(44-49)58-29-14-17-31-64(58)71(65,52-23-9-7-10-24-52)53-25-11-8-12-26-53/h5,7-11,13-25,27-35,37-41,43-46H,6,12,26,36,42H2,1-4H3/b20-5-. The van der Waals surface area contributed by atoms with Crippen molar-refractivity contribution in [1.29, 1.82) is 0 Å². The molecule has 73 heavy (non-hydrogen) atoms. The number of fused-ring (bicyclic) bond motifs is 6. The lowest BCUT2D eigenvalue weighted by atomic mass is 9.63. The minimum Gasteiger partial charge on any atom is -0.310 e. The molecule has 13 rings (SSSR count). The summed E-state index contributed by atoms with van der Waals surface area (Å²) >= 11 is 1.93. The van der Waals surface area contributed by atoms with Crippen molar-refractivity contribution in [3.8, 4) is 33.4 Å². The van der Waals surface area contributed by atoms with Gasteiger partial charge in [0.15, 0.2) is 0 Å². The van der Waals surface area contributed by atoms with Gasteiger partial charge in [-0.05, 0) is 170 Å². The molecule has 0 saturated carbocycles. The van der Waals surface area contributed by atoms with Gasteiger partial charge in [0.05, 0.1) is 11.1 Å². The molecule has 0 amide bonds. The summed E-state index contributed by atoms with van der Waals surface area (Å²) in [4.78, 5) is 3.94. The molecule has 354 valence electrons. The maximum absolute atomic E-state index is 2.55. The Bertz CT molecular complexity index is 3810. The summed E-state index contributed by atoms with van der Waals surface area (Å²) in [7, 11) is 0. The third kappa shape index (κ3) is 7.25. The summed E-state index contributed by atoms with van der Waals surface area (Å²) in [5, 5.41) is 1.34. The summed E-state index contributed by atoms with van der Waals surface area (Å²) in [6.45, 7) is 9.13. The van der Waals surface area contributed by atoms with E-state index in [1.165, 1.54) is 104 Å². The molecule has 1 atom stereocenters. The van der Waals surface area contributed by atoms with Crippen LogP contribution in [0, 0.1) is 0 Å². The van der Waals surface area contributed by atoms with E-state index in [1.807, 2.05) is 11.3 Å². The van der Waals surface area contributed by atoms with Crippen molar-refractivity contribution in [3.05, 3.63) is 273 Å². The van der Waals surface area contributed by atoms with E-state index in [9.17, 15) is 0 Å². The summed E-state index contributed by atoms with van der Waals surface area (Å²) in [6.07, 6.45) is 19.2. The number of hydrogen-bond acceptors (Lipinski definition) is 2. The van der Waals surface area contributed by atoms with Gasteiger partial charge < -0.3 is 4.90 Å². The molecule has 2 heteroatoms. The van der Waals surface area contributed by atoms with Crippen molar-refractivity contribution in [3.63, 3.8) is 0 Å². The van der Waals surface area contributed by atoms with Crippen LogP contribution in [-0.4, -0.2) is 0 Å². The van der Waals surface area contributed by atoms with Crippen LogP contribution in [0.1, 0.15) is 97.2 Å².